The van der Waals surface area contributed by atoms with Gasteiger partial charge in [0.1, 0.15) is 0 Å². The van der Waals surface area contributed by atoms with Crippen molar-refractivity contribution in [1.82, 2.24) is 4.90 Å². The number of nitrogens with zero attached hydrogens (tertiary/aromatic N) is 1. The van der Waals surface area contributed by atoms with Crippen molar-refractivity contribution in [2.45, 2.75) is 12.6 Å². The molecule has 90 valence electrons. The molecule has 1 aromatic rings. The highest BCUT2D eigenvalue weighted by Gasteiger charge is 2.53. The predicted molar refractivity (Wildman–Crippen MR) is 71.2 cm³/mol. The van der Waals surface area contributed by atoms with Gasteiger partial charge in [-0.15, -0.1) is 24.8 Å². The zero-order valence-corrected chi connectivity index (χ0v) is 10.7. The highest BCUT2D eigenvalue weighted by Crippen LogP contribution is 2.44. The van der Waals surface area contributed by atoms with E-state index in [0.29, 0.717) is 6.04 Å². The molecule has 0 spiro atoms. The third-order valence-electron chi connectivity index (χ3n) is 3.58. The van der Waals surface area contributed by atoms with E-state index >= 15 is 0 Å². The zero-order valence-electron chi connectivity index (χ0n) is 9.08. The Balaban J connectivity index is 0.000000640. The summed E-state index contributed by atoms with van der Waals surface area (Å²) < 4.78 is 0. The largest absolute Gasteiger partial charge is 0.327 e. The van der Waals surface area contributed by atoms with E-state index in [4.69, 9.17) is 5.73 Å². The first-order valence-corrected chi connectivity index (χ1v) is 5.36. The second kappa shape index (κ2) is 5.37. The molecular formula is C12H18Cl2N2. The molecule has 4 heteroatoms. The number of benzene rings is 1. The Hall–Kier alpha value is -0.280. The minimum absolute atomic E-state index is 0. The first-order chi connectivity index (χ1) is 6.84. The van der Waals surface area contributed by atoms with E-state index in [1.807, 2.05) is 0 Å². The maximum atomic E-state index is 5.90. The van der Waals surface area contributed by atoms with Crippen LogP contribution in [0.5, 0.6) is 0 Å². The Morgan fingerprint density at radius 3 is 2.19 bits per heavy atom. The van der Waals surface area contributed by atoms with Crippen LogP contribution in [0.15, 0.2) is 30.3 Å². The van der Waals surface area contributed by atoms with Crippen molar-refractivity contribution >= 4 is 24.8 Å². The standard InChI is InChI=1S/C12H16N2.2ClH/c13-12-10-7-14(8-11(10)12)6-9-4-2-1-3-5-9;;/h1-5,10-12H,6-8,13H2;2*1H. The topological polar surface area (TPSA) is 29.3 Å². The summed E-state index contributed by atoms with van der Waals surface area (Å²) in [4.78, 5) is 2.52. The maximum absolute atomic E-state index is 5.90. The van der Waals surface area contributed by atoms with Gasteiger partial charge in [-0.25, -0.2) is 0 Å². The lowest BCUT2D eigenvalue weighted by atomic mass is 10.2. The van der Waals surface area contributed by atoms with Crippen LogP contribution in [0, 0.1) is 11.8 Å². The number of halogens is 2. The van der Waals surface area contributed by atoms with Gasteiger partial charge in [0.25, 0.3) is 0 Å². The summed E-state index contributed by atoms with van der Waals surface area (Å²) in [6, 6.07) is 11.2. The minimum atomic E-state index is 0. The molecule has 2 fully saturated rings. The Morgan fingerprint density at radius 1 is 1.06 bits per heavy atom. The van der Waals surface area contributed by atoms with Gasteiger partial charge in [0, 0.05) is 25.7 Å². The van der Waals surface area contributed by atoms with E-state index in [-0.39, 0.29) is 24.8 Å². The average Bonchev–Trinajstić information content (AvgIpc) is 2.65. The summed E-state index contributed by atoms with van der Waals surface area (Å²) in [6.45, 7) is 3.52. The molecule has 2 N–H and O–H groups in total. The Bertz CT molecular complexity index is 319. The quantitative estimate of drug-likeness (QED) is 0.881. The third kappa shape index (κ3) is 2.51. The van der Waals surface area contributed by atoms with Crippen LogP contribution in [0.3, 0.4) is 0 Å². The van der Waals surface area contributed by atoms with Gasteiger partial charge < -0.3 is 5.73 Å². The van der Waals surface area contributed by atoms with E-state index < -0.39 is 0 Å². The molecule has 2 nitrogen and oxygen atoms in total. The molecule has 16 heavy (non-hydrogen) atoms. The molecule has 0 radical (unpaired) electrons. The lowest BCUT2D eigenvalue weighted by Gasteiger charge is -2.18. The third-order valence-corrected chi connectivity index (χ3v) is 3.58. The SMILES string of the molecule is Cl.Cl.NC1C2CN(Cc3ccccc3)CC12. The second-order valence-electron chi connectivity index (χ2n) is 4.58. The molecule has 2 atom stereocenters. The molecule has 1 saturated carbocycles. The van der Waals surface area contributed by atoms with Crippen molar-refractivity contribution in [3.8, 4) is 0 Å². The van der Waals surface area contributed by atoms with Crippen LogP contribution in [-0.4, -0.2) is 24.0 Å². The number of hydrogen-bond acceptors (Lipinski definition) is 2. The fourth-order valence-corrected chi connectivity index (χ4v) is 2.63. The Morgan fingerprint density at radius 2 is 1.62 bits per heavy atom. The summed E-state index contributed by atoms with van der Waals surface area (Å²) in [5, 5.41) is 0. The van der Waals surface area contributed by atoms with Crippen LogP contribution < -0.4 is 5.73 Å². The molecule has 0 aromatic heterocycles. The number of likely N-dealkylation sites (tertiary alicyclic amines) is 1. The average molecular weight is 261 g/mol. The van der Waals surface area contributed by atoms with Gasteiger partial charge in [-0.2, -0.15) is 0 Å². The molecule has 1 aromatic carbocycles. The summed E-state index contributed by atoms with van der Waals surface area (Å²) >= 11 is 0. The second-order valence-corrected chi connectivity index (χ2v) is 4.58. The summed E-state index contributed by atoms with van der Waals surface area (Å²) in [6.07, 6.45) is 0. The molecule has 3 rings (SSSR count). The number of fused-ring (bicyclic) bond motifs is 1. The normalized spacial score (nSPS) is 31.2. The van der Waals surface area contributed by atoms with Crippen LogP contribution in [-0.2, 0) is 6.54 Å². The minimum Gasteiger partial charge on any atom is -0.327 e. The molecule has 1 saturated heterocycles. The fourth-order valence-electron chi connectivity index (χ4n) is 2.63. The molecule has 1 aliphatic heterocycles. The van der Waals surface area contributed by atoms with Crippen LogP contribution in [0.25, 0.3) is 0 Å². The number of hydrogen-bond donors (Lipinski definition) is 1. The smallest absolute Gasteiger partial charge is 0.0233 e. The Kier molecular flexibility index (Phi) is 4.62. The van der Waals surface area contributed by atoms with E-state index in [0.717, 1.165) is 18.4 Å². The lowest BCUT2D eigenvalue weighted by Crippen LogP contribution is -2.27. The lowest BCUT2D eigenvalue weighted by molar-refractivity contribution is 0.290. The number of rotatable bonds is 2. The van der Waals surface area contributed by atoms with Gasteiger partial charge in [-0.1, -0.05) is 30.3 Å². The summed E-state index contributed by atoms with van der Waals surface area (Å²) in [5.74, 6) is 1.61. The first kappa shape index (κ1) is 13.8. The van der Waals surface area contributed by atoms with Crippen molar-refractivity contribution in [3.63, 3.8) is 0 Å². The molecule has 2 unspecified atom stereocenters. The molecule has 1 aliphatic carbocycles. The fraction of sp³-hybridized carbons (Fsp3) is 0.500. The van der Waals surface area contributed by atoms with Gasteiger partial charge in [0.05, 0.1) is 0 Å². The molecule has 0 amide bonds. The summed E-state index contributed by atoms with van der Waals surface area (Å²) in [5.41, 5.74) is 7.32. The number of piperidine rings is 1. The number of nitrogens with two attached hydrogens (primary N) is 1. The van der Waals surface area contributed by atoms with Gasteiger partial charge in [-0.05, 0) is 17.4 Å². The monoisotopic (exact) mass is 260 g/mol. The highest BCUT2D eigenvalue weighted by atomic mass is 35.5. The maximum Gasteiger partial charge on any atom is 0.0233 e. The summed E-state index contributed by atoms with van der Waals surface area (Å²) in [7, 11) is 0. The van der Waals surface area contributed by atoms with E-state index in [2.05, 4.69) is 35.2 Å². The van der Waals surface area contributed by atoms with Gasteiger partial charge >= 0.3 is 0 Å². The van der Waals surface area contributed by atoms with Crippen molar-refractivity contribution in [1.29, 1.82) is 0 Å². The van der Waals surface area contributed by atoms with Crippen molar-refractivity contribution in [2.75, 3.05) is 13.1 Å². The van der Waals surface area contributed by atoms with Crippen molar-refractivity contribution < 1.29 is 0 Å². The molecule has 0 bridgehead atoms. The van der Waals surface area contributed by atoms with Crippen LogP contribution in [0.4, 0.5) is 0 Å². The van der Waals surface area contributed by atoms with E-state index in [1.165, 1.54) is 18.7 Å². The van der Waals surface area contributed by atoms with Crippen molar-refractivity contribution in [3.05, 3.63) is 35.9 Å². The van der Waals surface area contributed by atoms with Crippen LogP contribution in [0.2, 0.25) is 0 Å². The van der Waals surface area contributed by atoms with Crippen molar-refractivity contribution in [2.24, 2.45) is 17.6 Å². The predicted octanol–water partition coefficient (Wildman–Crippen LogP) is 1.92. The zero-order chi connectivity index (χ0) is 9.54. The van der Waals surface area contributed by atoms with Gasteiger partial charge in [0.15, 0.2) is 0 Å². The molecule has 1 heterocycles. The van der Waals surface area contributed by atoms with Gasteiger partial charge in [0.2, 0.25) is 0 Å². The van der Waals surface area contributed by atoms with Crippen LogP contribution >= 0.6 is 24.8 Å². The molecular weight excluding hydrogens is 243 g/mol. The Labute approximate surface area is 109 Å². The molecule has 2 aliphatic rings. The van der Waals surface area contributed by atoms with E-state index in [1.54, 1.807) is 0 Å². The first-order valence-electron chi connectivity index (χ1n) is 5.36. The highest BCUT2D eigenvalue weighted by molar-refractivity contribution is 5.85. The van der Waals surface area contributed by atoms with Gasteiger partial charge in [-0.3, -0.25) is 4.90 Å². The van der Waals surface area contributed by atoms with E-state index in [9.17, 15) is 0 Å². The van der Waals surface area contributed by atoms with Crippen LogP contribution in [0.1, 0.15) is 5.56 Å².